The molecule has 2 heterocycles. The van der Waals surface area contributed by atoms with E-state index in [0.717, 1.165) is 30.2 Å². The van der Waals surface area contributed by atoms with Crippen molar-refractivity contribution in [3.63, 3.8) is 0 Å². The zero-order valence-corrected chi connectivity index (χ0v) is 11.8. The lowest BCUT2D eigenvalue weighted by Gasteiger charge is -2.29. The largest absolute Gasteiger partial charge is 0.292 e. The lowest BCUT2D eigenvalue weighted by Crippen LogP contribution is -2.48. The van der Waals surface area contributed by atoms with E-state index >= 15 is 0 Å². The summed E-state index contributed by atoms with van der Waals surface area (Å²) in [4.78, 5) is 14.4. The van der Waals surface area contributed by atoms with Crippen molar-refractivity contribution in [3.8, 4) is 0 Å². The van der Waals surface area contributed by atoms with E-state index in [2.05, 4.69) is 4.90 Å². The van der Waals surface area contributed by atoms with Gasteiger partial charge >= 0.3 is 0 Å². The Morgan fingerprint density at radius 3 is 2.11 bits per heavy atom. The summed E-state index contributed by atoms with van der Waals surface area (Å²) < 4.78 is 24.6. The normalized spacial score (nSPS) is 26.8. The molecule has 104 valence electrons. The Kier molecular flexibility index (Phi) is 4.27. The van der Waals surface area contributed by atoms with Crippen molar-refractivity contribution >= 4 is 15.9 Å². The first-order valence-corrected chi connectivity index (χ1v) is 8.41. The molecule has 0 aromatic rings. The molecule has 1 unspecified atom stereocenters. The molecule has 0 spiro atoms. The predicted molar refractivity (Wildman–Crippen MR) is 69.6 cm³/mol. The van der Waals surface area contributed by atoms with Gasteiger partial charge in [-0.3, -0.25) is 9.69 Å². The molecular formula is C12H22N2O3S. The minimum absolute atomic E-state index is 0.117. The lowest BCUT2D eigenvalue weighted by molar-refractivity contribution is -0.131. The van der Waals surface area contributed by atoms with Crippen LogP contribution < -0.4 is 0 Å². The van der Waals surface area contributed by atoms with Crippen LogP contribution in [-0.2, 0) is 14.8 Å². The summed E-state index contributed by atoms with van der Waals surface area (Å²) in [5, 5.41) is 0. The van der Waals surface area contributed by atoms with Crippen molar-refractivity contribution in [2.45, 2.75) is 45.1 Å². The summed E-state index contributed by atoms with van der Waals surface area (Å²) in [5.41, 5.74) is 0. The van der Waals surface area contributed by atoms with Crippen LogP contribution >= 0.6 is 0 Å². The Balaban J connectivity index is 2.03. The molecule has 18 heavy (non-hydrogen) atoms. The number of sulfonamides is 1. The van der Waals surface area contributed by atoms with Crippen LogP contribution in [0.25, 0.3) is 0 Å². The van der Waals surface area contributed by atoms with Gasteiger partial charge < -0.3 is 0 Å². The molecule has 2 aliphatic rings. The second-order valence-electron chi connectivity index (χ2n) is 5.21. The zero-order chi connectivity index (χ0) is 13.2. The SMILES string of the molecule is CC(C(=O)N1CCCS1(=O)=O)N1CCCCCC1. The van der Waals surface area contributed by atoms with Gasteiger partial charge in [-0.1, -0.05) is 12.8 Å². The van der Waals surface area contributed by atoms with Gasteiger partial charge in [-0.15, -0.1) is 0 Å². The van der Waals surface area contributed by atoms with Crippen LogP contribution in [0.2, 0.25) is 0 Å². The molecule has 0 bridgehead atoms. The van der Waals surface area contributed by atoms with Crippen molar-refractivity contribution in [2.24, 2.45) is 0 Å². The van der Waals surface area contributed by atoms with Gasteiger partial charge in [0, 0.05) is 6.54 Å². The average Bonchev–Trinajstić information content (AvgIpc) is 2.57. The molecule has 2 aliphatic heterocycles. The fourth-order valence-electron chi connectivity index (χ4n) is 2.73. The van der Waals surface area contributed by atoms with E-state index in [9.17, 15) is 13.2 Å². The second-order valence-corrected chi connectivity index (χ2v) is 7.22. The third kappa shape index (κ3) is 2.85. The van der Waals surface area contributed by atoms with Crippen molar-refractivity contribution in [1.82, 2.24) is 9.21 Å². The topological polar surface area (TPSA) is 57.7 Å². The highest BCUT2D eigenvalue weighted by molar-refractivity contribution is 7.89. The molecule has 2 rings (SSSR count). The van der Waals surface area contributed by atoms with E-state index in [1.807, 2.05) is 6.92 Å². The summed E-state index contributed by atoms with van der Waals surface area (Å²) in [6.45, 7) is 4.00. The summed E-state index contributed by atoms with van der Waals surface area (Å²) >= 11 is 0. The summed E-state index contributed by atoms with van der Waals surface area (Å²) in [6, 6.07) is -0.309. The van der Waals surface area contributed by atoms with Gasteiger partial charge in [0.05, 0.1) is 11.8 Å². The van der Waals surface area contributed by atoms with Crippen LogP contribution in [0.15, 0.2) is 0 Å². The third-order valence-corrected chi connectivity index (χ3v) is 5.73. The molecule has 0 saturated carbocycles. The predicted octanol–water partition coefficient (Wildman–Crippen LogP) is 0.813. The van der Waals surface area contributed by atoms with Gasteiger partial charge in [-0.05, 0) is 39.3 Å². The molecule has 6 heteroatoms. The lowest BCUT2D eigenvalue weighted by atomic mass is 10.2. The third-order valence-electron chi connectivity index (χ3n) is 3.89. The van der Waals surface area contributed by atoms with Crippen LogP contribution in [0.3, 0.4) is 0 Å². The summed E-state index contributed by atoms with van der Waals surface area (Å²) in [7, 11) is -3.32. The first-order chi connectivity index (χ1) is 8.52. The molecular weight excluding hydrogens is 252 g/mol. The van der Waals surface area contributed by atoms with Crippen molar-refractivity contribution in [1.29, 1.82) is 0 Å². The van der Waals surface area contributed by atoms with E-state index in [1.165, 1.54) is 12.8 Å². The van der Waals surface area contributed by atoms with E-state index in [1.54, 1.807) is 0 Å². The van der Waals surface area contributed by atoms with E-state index in [0.29, 0.717) is 13.0 Å². The maximum absolute atomic E-state index is 12.3. The minimum Gasteiger partial charge on any atom is -0.292 e. The summed E-state index contributed by atoms with van der Waals surface area (Å²) in [5.74, 6) is -0.125. The number of rotatable bonds is 2. The number of hydrogen-bond donors (Lipinski definition) is 0. The molecule has 2 fully saturated rings. The molecule has 2 saturated heterocycles. The maximum Gasteiger partial charge on any atom is 0.253 e. The Hall–Kier alpha value is -0.620. The first-order valence-electron chi connectivity index (χ1n) is 6.81. The van der Waals surface area contributed by atoms with Gasteiger partial charge in [0.2, 0.25) is 10.0 Å². The van der Waals surface area contributed by atoms with Crippen LogP contribution in [0.5, 0.6) is 0 Å². The molecule has 0 radical (unpaired) electrons. The highest BCUT2D eigenvalue weighted by Gasteiger charge is 2.36. The first kappa shape index (κ1) is 13.8. The van der Waals surface area contributed by atoms with Crippen LogP contribution in [0.1, 0.15) is 39.0 Å². The monoisotopic (exact) mass is 274 g/mol. The number of carbonyl (C=O) groups is 1. The molecule has 0 aromatic heterocycles. The highest BCUT2D eigenvalue weighted by Crippen LogP contribution is 2.19. The second kappa shape index (κ2) is 5.57. The van der Waals surface area contributed by atoms with Crippen LogP contribution in [0.4, 0.5) is 0 Å². The van der Waals surface area contributed by atoms with Crippen molar-refractivity contribution < 1.29 is 13.2 Å². The molecule has 1 atom stereocenters. The number of nitrogens with zero attached hydrogens (tertiary/aromatic N) is 2. The summed E-state index contributed by atoms with van der Waals surface area (Å²) in [6.07, 6.45) is 5.19. The number of likely N-dealkylation sites (tertiary alicyclic amines) is 1. The highest BCUT2D eigenvalue weighted by atomic mass is 32.2. The van der Waals surface area contributed by atoms with Crippen molar-refractivity contribution in [3.05, 3.63) is 0 Å². The fourth-order valence-corrected chi connectivity index (χ4v) is 4.28. The van der Waals surface area contributed by atoms with Gasteiger partial charge in [0.25, 0.3) is 5.91 Å². The Bertz CT molecular complexity index is 400. The van der Waals surface area contributed by atoms with Gasteiger partial charge in [0.1, 0.15) is 0 Å². The fraction of sp³-hybridized carbons (Fsp3) is 0.917. The molecule has 0 aromatic carbocycles. The van der Waals surface area contributed by atoms with E-state index in [-0.39, 0.29) is 17.7 Å². The van der Waals surface area contributed by atoms with Crippen LogP contribution in [0, 0.1) is 0 Å². The number of amides is 1. The molecule has 5 nitrogen and oxygen atoms in total. The Labute approximate surface area is 109 Å². The van der Waals surface area contributed by atoms with E-state index in [4.69, 9.17) is 0 Å². The standard InChI is InChI=1S/C12H22N2O3S/c1-11(13-7-4-2-3-5-8-13)12(15)14-9-6-10-18(14,16)17/h11H,2-10H2,1H3. The van der Waals surface area contributed by atoms with Gasteiger partial charge in [-0.25, -0.2) is 12.7 Å². The van der Waals surface area contributed by atoms with Gasteiger partial charge in [0.15, 0.2) is 0 Å². The molecule has 0 aliphatic carbocycles. The van der Waals surface area contributed by atoms with Gasteiger partial charge in [-0.2, -0.15) is 0 Å². The molecule has 0 N–H and O–H groups in total. The minimum atomic E-state index is -3.32. The van der Waals surface area contributed by atoms with E-state index < -0.39 is 10.0 Å². The smallest absolute Gasteiger partial charge is 0.253 e. The zero-order valence-electron chi connectivity index (χ0n) is 11.0. The van der Waals surface area contributed by atoms with Crippen LogP contribution in [-0.4, -0.2) is 55.0 Å². The number of hydrogen-bond acceptors (Lipinski definition) is 4. The average molecular weight is 274 g/mol. The Morgan fingerprint density at radius 1 is 1.00 bits per heavy atom. The Morgan fingerprint density at radius 2 is 1.61 bits per heavy atom. The maximum atomic E-state index is 12.3. The van der Waals surface area contributed by atoms with Crippen molar-refractivity contribution in [2.75, 3.05) is 25.4 Å². The number of carbonyl (C=O) groups excluding carboxylic acids is 1. The molecule has 1 amide bonds. The quantitative estimate of drug-likeness (QED) is 0.748.